The summed E-state index contributed by atoms with van der Waals surface area (Å²) in [5, 5.41) is 15.8. The first-order valence-electron chi connectivity index (χ1n) is 10.5. The van der Waals surface area contributed by atoms with Crippen molar-refractivity contribution in [1.29, 1.82) is 5.26 Å². The molecule has 0 spiro atoms. The fourth-order valence-electron chi connectivity index (χ4n) is 3.86. The van der Waals surface area contributed by atoms with Crippen LogP contribution in [0.3, 0.4) is 0 Å². The molecule has 0 saturated heterocycles. The van der Waals surface area contributed by atoms with E-state index in [4.69, 9.17) is 4.74 Å². The Balaban J connectivity index is 1.88. The number of benzene rings is 2. The lowest BCUT2D eigenvalue weighted by molar-refractivity contribution is -0.150. The Bertz CT molecular complexity index is 1140. The van der Waals surface area contributed by atoms with Crippen molar-refractivity contribution in [1.82, 2.24) is 5.32 Å². The number of ether oxygens (including phenoxy) is 1. The highest BCUT2D eigenvalue weighted by atomic mass is 32.2. The van der Waals surface area contributed by atoms with Crippen LogP contribution < -0.4 is 10.6 Å². The first-order valence-corrected chi connectivity index (χ1v) is 11.5. The standard InChI is InChI=1S/C25H25N3O4S/c1-4-16-12-8-9-15(2)22(16)27-19(29)14-33-24-18(13-26)20(17-10-6-5-7-11-17)21(23(30)28-24)25(31)32-3/h5-12,20-21H,4,14H2,1-3H3,(H,27,29)(H,28,30)/t20-,21+/m0/s1. The number of aryl methyl sites for hydroxylation is 2. The molecule has 7 nitrogen and oxygen atoms in total. The molecule has 2 aromatic rings. The number of nitrogens with one attached hydrogen (secondary N) is 2. The zero-order chi connectivity index (χ0) is 24.0. The fraction of sp³-hybridized carbons (Fsp3) is 0.280. The number of hydrogen-bond acceptors (Lipinski definition) is 6. The number of anilines is 1. The van der Waals surface area contributed by atoms with Gasteiger partial charge in [0.25, 0.3) is 0 Å². The summed E-state index contributed by atoms with van der Waals surface area (Å²) in [6.07, 6.45) is 0.776. The van der Waals surface area contributed by atoms with E-state index in [-0.39, 0.29) is 22.3 Å². The Labute approximate surface area is 197 Å². The van der Waals surface area contributed by atoms with Crippen LogP contribution in [0.4, 0.5) is 5.69 Å². The average Bonchev–Trinajstić information content (AvgIpc) is 2.83. The minimum atomic E-state index is -1.19. The predicted octanol–water partition coefficient (Wildman–Crippen LogP) is 3.67. The van der Waals surface area contributed by atoms with Gasteiger partial charge in [0.2, 0.25) is 11.8 Å². The van der Waals surface area contributed by atoms with Gasteiger partial charge < -0.3 is 15.4 Å². The molecular formula is C25H25N3O4S. The minimum absolute atomic E-state index is 0.0112. The molecule has 0 aromatic heterocycles. The van der Waals surface area contributed by atoms with Crippen LogP contribution >= 0.6 is 11.8 Å². The summed E-state index contributed by atoms with van der Waals surface area (Å²) in [6.45, 7) is 3.94. The molecule has 33 heavy (non-hydrogen) atoms. The van der Waals surface area contributed by atoms with E-state index in [0.717, 1.165) is 35.0 Å². The van der Waals surface area contributed by atoms with Gasteiger partial charge in [0.1, 0.15) is 5.92 Å². The number of rotatable bonds is 7. The molecular weight excluding hydrogens is 438 g/mol. The molecule has 0 aliphatic carbocycles. The van der Waals surface area contributed by atoms with Gasteiger partial charge in [0.05, 0.1) is 29.5 Å². The number of carbonyl (C=O) groups excluding carboxylic acids is 3. The first-order chi connectivity index (χ1) is 15.9. The summed E-state index contributed by atoms with van der Waals surface area (Å²) < 4.78 is 4.83. The van der Waals surface area contributed by atoms with Crippen LogP contribution in [0, 0.1) is 24.2 Å². The van der Waals surface area contributed by atoms with Crippen LogP contribution in [0.15, 0.2) is 59.1 Å². The van der Waals surface area contributed by atoms with Crippen molar-refractivity contribution in [2.24, 2.45) is 5.92 Å². The van der Waals surface area contributed by atoms with E-state index in [9.17, 15) is 19.6 Å². The van der Waals surface area contributed by atoms with E-state index in [1.807, 2.05) is 38.1 Å². The Morgan fingerprint density at radius 1 is 1.18 bits per heavy atom. The molecule has 1 aliphatic rings. The number of hydrogen-bond donors (Lipinski definition) is 2. The van der Waals surface area contributed by atoms with Crippen molar-refractivity contribution in [3.8, 4) is 6.07 Å². The monoisotopic (exact) mass is 463 g/mol. The number of nitriles is 1. The quantitative estimate of drug-likeness (QED) is 0.479. The van der Waals surface area contributed by atoms with Gasteiger partial charge in [0, 0.05) is 11.6 Å². The number of carbonyl (C=O) groups is 3. The molecule has 0 bridgehead atoms. The highest BCUT2D eigenvalue weighted by Crippen LogP contribution is 2.40. The van der Waals surface area contributed by atoms with Gasteiger partial charge in [0.15, 0.2) is 0 Å². The van der Waals surface area contributed by atoms with E-state index in [2.05, 4.69) is 16.7 Å². The summed E-state index contributed by atoms with van der Waals surface area (Å²) in [4.78, 5) is 37.9. The maximum absolute atomic E-state index is 12.8. The first kappa shape index (κ1) is 24.1. The van der Waals surface area contributed by atoms with Crippen LogP contribution in [0.5, 0.6) is 0 Å². The van der Waals surface area contributed by atoms with Gasteiger partial charge in [-0.1, -0.05) is 67.2 Å². The number of allylic oxidation sites excluding steroid dienone is 1. The fourth-order valence-corrected chi connectivity index (χ4v) is 4.70. The topological polar surface area (TPSA) is 108 Å². The molecule has 0 saturated carbocycles. The number of amides is 2. The normalized spacial score (nSPS) is 17.7. The second-order valence-corrected chi connectivity index (χ2v) is 8.52. The lowest BCUT2D eigenvalue weighted by Gasteiger charge is -2.30. The number of esters is 1. The number of methoxy groups -OCH3 is 1. The average molecular weight is 464 g/mol. The number of nitrogens with zero attached hydrogens (tertiary/aromatic N) is 1. The highest BCUT2D eigenvalue weighted by molar-refractivity contribution is 8.03. The van der Waals surface area contributed by atoms with Crippen LogP contribution in [0.1, 0.15) is 29.5 Å². The Hall–Kier alpha value is -3.57. The van der Waals surface area contributed by atoms with Crippen molar-refractivity contribution < 1.29 is 19.1 Å². The Morgan fingerprint density at radius 3 is 2.55 bits per heavy atom. The van der Waals surface area contributed by atoms with E-state index in [1.54, 1.807) is 24.3 Å². The molecule has 2 N–H and O–H groups in total. The zero-order valence-electron chi connectivity index (χ0n) is 18.7. The molecule has 2 amide bonds. The molecule has 2 aromatic carbocycles. The molecule has 0 fully saturated rings. The van der Waals surface area contributed by atoms with Gasteiger partial charge in [-0.3, -0.25) is 14.4 Å². The molecule has 3 rings (SSSR count). The van der Waals surface area contributed by atoms with Crippen molar-refractivity contribution in [3.63, 3.8) is 0 Å². The van der Waals surface area contributed by atoms with Crippen molar-refractivity contribution >= 4 is 35.2 Å². The molecule has 8 heteroatoms. The number of para-hydroxylation sites is 1. The lowest BCUT2D eigenvalue weighted by Crippen LogP contribution is -2.44. The smallest absolute Gasteiger partial charge is 0.319 e. The van der Waals surface area contributed by atoms with Crippen molar-refractivity contribution in [3.05, 3.63) is 75.8 Å². The zero-order valence-corrected chi connectivity index (χ0v) is 19.5. The Morgan fingerprint density at radius 2 is 1.91 bits per heavy atom. The SMILES string of the molecule is CCc1cccc(C)c1NC(=O)CSC1=C(C#N)[C@H](c2ccccc2)[C@@H](C(=O)OC)C(=O)N1. The third-order valence-electron chi connectivity index (χ3n) is 5.49. The summed E-state index contributed by atoms with van der Waals surface area (Å²) in [7, 11) is 1.21. The largest absolute Gasteiger partial charge is 0.468 e. The number of thioether (sulfide) groups is 1. The lowest BCUT2D eigenvalue weighted by atomic mass is 9.78. The van der Waals surface area contributed by atoms with E-state index < -0.39 is 23.7 Å². The minimum Gasteiger partial charge on any atom is -0.468 e. The van der Waals surface area contributed by atoms with Gasteiger partial charge in [-0.25, -0.2) is 0 Å². The highest BCUT2D eigenvalue weighted by Gasteiger charge is 2.44. The summed E-state index contributed by atoms with van der Waals surface area (Å²) in [5.41, 5.74) is 3.64. The van der Waals surface area contributed by atoms with E-state index in [0.29, 0.717) is 5.56 Å². The van der Waals surface area contributed by atoms with E-state index >= 15 is 0 Å². The second kappa shape index (κ2) is 10.8. The third-order valence-corrected chi connectivity index (χ3v) is 6.51. The summed E-state index contributed by atoms with van der Waals surface area (Å²) in [5.74, 6) is -3.54. The van der Waals surface area contributed by atoms with Crippen LogP contribution in [0.25, 0.3) is 0 Å². The molecule has 0 radical (unpaired) electrons. The predicted molar refractivity (Wildman–Crippen MR) is 127 cm³/mol. The maximum Gasteiger partial charge on any atom is 0.319 e. The van der Waals surface area contributed by atoms with Gasteiger partial charge in [-0.15, -0.1) is 0 Å². The summed E-state index contributed by atoms with van der Waals surface area (Å²) in [6, 6.07) is 16.9. The molecule has 2 atom stereocenters. The van der Waals surface area contributed by atoms with Gasteiger partial charge in [-0.2, -0.15) is 5.26 Å². The van der Waals surface area contributed by atoms with Gasteiger partial charge in [-0.05, 0) is 30.0 Å². The van der Waals surface area contributed by atoms with Gasteiger partial charge >= 0.3 is 5.97 Å². The van der Waals surface area contributed by atoms with Crippen molar-refractivity contribution in [2.45, 2.75) is 26.2 Å². The van der Waals surface area contributed by atoms with E-state index in [1.165, 1.54) is 7.11 Å². The Kier molecular flexibility index (Phi) is 7.91. The molecule has 1 heterocycles. The maximum atomic E-state index is 12.8. The third kappa shape index (κ3) is 5.26. The van der Waals surface area contributed by atoms with Crippen LogP contribution in [-0.4, -0.2) is 30.6 Å². The molecule has 0 unspecified atom stereocenters. The van der Waals surface area contributed by atoms with Crippen LogP contribution in [0.2, 0.25) is 0 Å². The van der Waals surface area contributed by atoms with Crippen molar-refractivity contribution in [2.75, 3.05) is 18.2 Å². The second-order valence-electron chi connectivity index (χ2n) is 7.53. The van der Waals surface area contributed by atoms with Crippen LogP contribution in [-0.2, 0) is 25.5 Å². The summed E-state index contributed by atoms with van der Waals surface area (Å²) >= 11 is 1.06. The molecule has 1 aliphatic heterocycles. The molecule has 170 valence electrons.